The number of nitrogens with one attached hydrogen (secondary N) is 1. The molecule has 1 fully saturated rings. The molecular formula is C17H22N2O. The van der Waals surface area contributed by atoms with Gasteiger partial charge >= 0.3 is 0 Å². The number of rotatable bonds is 2. The summed E-state index contributed by atoms with van der Waals surface area (Å²) in [5.74, 6) is 6.63. The van der Waals surface area contributed by atoms with Crippen molar-refractivity contribution in [3.05, 3.63) is 29.3 Å². The highest BCUT2D eigenvalue weighted by Gasteiger charge is 2.29. The van der Waals surface area contributed by atoms with Gasteiger partial charge in [0.2, 0.25) is 5.91 Å². The first kappa shape index (κ1) is 14.6. The van der Waals surface area contributed by atoms with Gasteiger partial charge in [0.15, 0.2) is 0 Å². The summed E-state index contributed by atoms with van der Waals surface area (Å²) >= 11 is 0. The van der Waals surface area contributed by atoms with Crippen LogP contribution in [-0.2, 0) is 4.79 Å². The number of anilines is 1. The van der Waals surface area contributed by atoms with E-state index in [0.29, 0.717) is 12.5 Å². The van der Waals surface area contributed by atoms with Crippen molar-refractivity contribution < 1.29 is 4.79 Å². The van der Waals surface area contributed by atoms with Crippen molar-refractivity contribution in [1.29, 1.82) is 0 Å². The molecule has 3 heteroatoms. The number of carbonyl (C=O) groups excluding carboxylic acids is 1. The van der Waals surface area contributed by atoms with Crippen LogP contribution in [0, 0.1) is 30.6 Å². The van der Waals surface area contributed by atoms with Gasteiger partial charge in [-0.05, 0) is 49.4 Å². The van der Waals surface area contributed by atoms with Gasteiger partial charge in [0.1, 0.15) is 0 Å². The molecule has 1 amide bonds. The fourth-order valence-corrected chi connectivity index (χ4v) is 2.80. The second kappa shape index (κ2) is 6.58. The highest BCUT2D eigenvalue weighted by atomic mass is 16.1. The fraction of sp³-hybridized carbons (Fsp3) is 0.471. The third-order valence-electron chi connectivity index (χ3n) is 4.02. The molecule has 3 nitrogen and oxygen atoms in total. The van der Waals surface area contributed by atoms with Gasteiger partial charge in [0.05, 0.1) is 6.54 Å². The predicted molar refractivity (Wildman–Crippen MR) is 82.2 cm³/mol. The van der Waals surface area contributed by atoms with Gasteiger partial charge in [-0.1, -0.05) is 25.2 Å². The van der Waals surface area contributed by atoms with Crippen LogP contribution in [0.5, 0.6) is 0 Å². The molecule has 0 heterocycles. The Morgan fingerprint density at radius 2 is 2.25 bits per heavy atom. The Morgan fingerprint density at radius 1 is 1.45 bits per heavy atom. The van der Waals surface area contributed by atoms with Gasteiger partial charge in [-0.15, -0.1) is 0 Å². The van der Waals surface area contributed by atoms with E-state index in [1.54, 1.807) is 0 Å². The Kier molecular flexibility index (Phi) is 4.81. The van der Waals surface area contributed by atoms with Gasteiger partial charge in [-0.25, -0.2) is 0 Å². The smallest absolute Gasteiger partial charge is 0.227 e. The molecule has 1 aliphatic rings. The van der Waals surface area contributed by atoms with Crippen molar-refractivity contribution in [2.75, 3.05) is 11.9 Å². The van der Waals surface area contributed by atoms with Crippen LogP contribution < -0.4 is 11.1 Å². The highest BCUT2D eigenvalue weighted by molar-refractivity contribution is 5.93. The summed E-state index contributed by atoms with van der Waals surface area (Å²) < 4.78 is 0. The first-order chi connectivity index (χ1) is 9.61. The topological polar surface area (TPSA) is 55.1 Å². The molecule has 3 N–H and O–H groups in total. The third kappa shape index (κ3) is 3.40. The Balaban J connectivity index is 2.08. The molecule has 0 saturated heterocycles. The molecule has 20 heavy (non-hydrogen) atoms. The lowest BCUT2D eigenvalue weighted by Crippen LogP contribution is -2.24. The summed E-state index contributed by atoms with van der Waals surface area (Å²) in [5, 5.41) is 3.05. The Hall–Kier alpha value is -1.79. The Labute approximate surface area is 120 Å². The van der Waals surface area contributed by atoms with E-state index in [0.717, 1.165) is 36.1 Å². The van der Waals surface area contributed by atoms with Crippen LogP contribution in [0.25, 0.3) is 0 Å². The lowest BCUT2D eigenvalue weighted by atomic mass is 9.97. The zero-order valence-corrected chi connectivity index (χ0v) is 12.2. The molecule has 1 aromatic carbocycles. The van der Waals surface area contributed by atoms with Crippen LogP contribution in [-0.4, -0.2) is 12.5 Å². The van der Waals surface area contributed by atoms with Crippen LogP contribution in [0.2, 0.25) is 0 Å². The van der Waals surface area contributed by atoms with E-state index in [9.17, 15) is 4.79 Å². The quantitative estimate of drug-likeness (QED) is 0.812. The Bertz CT molecular complexity index is 554. The Morgan fingerprint density at radius 3 is 2.85 bits per heavy atom. The molecule has 2 unspecified atom stereocenters. The van der Waals surface area contributed by atoms with Crippen molar-refractivity contribution >= 4 is 11.6 Å². The molecule has 0 spiro atoms. The first-order valence-electron chi connectivity index (χ1n) is 7.22. The van der Waals surface area contributed by atoms with E-state index in [1.165, 1.54) is 0 Å². The van der Waals surface area contributed by atoms with E-state index in [2.05, 4.69) is 24.1 Å². The number of nitrogens with two attached hydrogens (primary N) is 1. The highest BCUT2D eigenvalue weighted by Crippen LogP contribution is 2.32. The van der Waals surface area contributed by atoms with Gasteiger partial charge in [0, 0.05) is 17.2 Å². The maximum absolute atomic E-state index is 12.3. The maximum atomic E-state index is 12.3. The fourth-order valence-electron chi connectivity index (χ4n) is 2.80. The second-order valence-electron chi connectivity index (χ2n) is 5.54. The van der Waals surface area contributed by atoms with E-state index in [1.807, 2.05) is 25.1 Å². The SMILES string of the molecule is Cc1cc(C#CCN)ccc1NC(=O)C1CCCC1C. The van der Waals surface area contributed by atoms with Gasteiger partial charge < -0.3 is 11.1 Å². The molecule has 1 aromatic rings. The van der Waals surface area contributed by atoms with Gasteiger partial charge in [-0.2, -0.15) is 0 Å². The number of carbonyl (C=O) groups is 1. The van der Waals surface area contributed by atoms with Crippen molar-refractivity contribution in [2.24, 2.45) is 17.6 Å². The molecule has 2 atom stereocenters. The summed E-state index contributed by atoms with van der Waals surface area (Å²) in [5.41, 5.74) is 8.21. The number of benzene rings is 1. The molecule has 1 aliphatic carbocycles. The van der Waals surface area contributed by atoms with Crippen molar-refractivity contribution in [3.8, 4) is 11.8 Å². The molecular weight excluding hydrogens is 248 g/mol. The number of amides is 1. The van der Waals surface area contributed by atoms with Crippen molar-refractivity contribution in [3.63, 3.8) is 0 Å². The average molecular weight is 270 g/mol. The minimum absolute atomic E-state index is 0.152. The minimum atomic E-state index is 0.152. The standard InChI is InChI=1S/C17H22N2O/c1-12-5-3-7-15(12)17(20)19-16-9-8-14(6-4-10-18)11-13(16)2/h8-9,11-12,15H,3,5,7,10,18H2,1-2H3,(H,19,20). The van der Waals surface area contributed by atoms with Gasteiger partial charge in [0.25, 0.3) is 0 Å². The van der Waals surface area contributed by atoms with Crippen LogP contribution >= 0.6 is 0 Å². The number of hydrogen-bond acceptors (Lipinski definition) is 2. The zero-order valence-electron chi connectivity index (χ0n) is 12.2. The molecule has 0 aromatic heterocycles. The lowest BCUT2D eigenvalue weighted by Gasteiger charge is -2.16. The van der Waals surface area contributed by atoms with E-state index >= 15 is 0 Å². The van der Waals surface area contributed by atoms with Crippen molar-refractivity contribution in [2.45, 2.75) is 33.1 Å². The molecule has 2 rings (SSSR count). The van der Waals surface area contributed by atoms with E-state index in [4.69, 9.17) is 5.73 Å². The molecule has 106 valence electrons. The van der Waals surface area contributed by atoms with Crippen LogP contribution in [0.15, 0.2) is 18.2 Å². The summed E-state index contributed by atoms with van der Waals surface area (Å²) in [4.78, 5) is 12.3. The van der Waals surface area contributed by atoms with Crippen molar-refractivity contribution in [1.82, 2.24) is 0 Å². The minimum Gasteiger partial charge on any atom is -0.326 e. The van der Waals surface area contributed by atoms with E-state index in [-0.39, 0.29) is 11.8 Å². The molecule has 0 radical (unpaired) electrons. The molecule has 0 bridgehead atoms. The maximum Gasteiger partial charge on any atom is 0.227 e. The zero-order chi connectivity index (χ0) is 14.5. The predicted octanol–water partition coefficient (Wildman–Crippen LogP) is 2.68. The average Bonchev–Trinajstić information content (AvgIpc) is 2.85. The third-order valence-corrected chi connectivity index (χ3v) is 4.02. The molecule has 1 saturated carbocycles. The second-order valence-corrected chi connectivity index (χ2v) is 5.54. The van der Waals surface area contributed by atoms with Crippen LogP contribution in [0.3, 0.4) is 0 Å². The van der Waals surface area contributed by atoms with Crippen LogP contribution in [0.4, 0.5) is 5.69 Å². The summed E-state index contributed by atoms with van der Waals surface area (Å²) in [7, 11) is 0. The first-order valence-corrected chi connectivity index (χ1v) is 7.22. The largest absolute Gasteiger partial charge is 0.326 e. The summed E-state index contributed by atoms with van der Waals surface area (Å²) in [6, 6.07) is 5.83. The molecule has 0 aliphatic heterocycles. The lowest BCUT2D eigenvalue weighted by molar-refractivity contribution is -0.120. The normalized spacial score (nSPS) is 21.1. The van der Waals surface area contributed by atoms with Crippen LogP contribution in [0.1, 0.15) is 37.3 Å². The summed E-state index contributed by atoms with van der Waals surface area (Å²) in [6.45, 7) is 4.51. The monoisotopic (exact) mass is 270 g/mol. The number of aryl methyl sites for hydroxylation is 1. The van der Waals surface area contributed by atoms with Gasteiger partial charge in [-0.3, -0.25) is 4.79 Å². The number of hydrogen-bond donors (Lipinski definition) is 2. The van der Waals surface area contributed by atoms with E-state index < -0.39 is 0 Å². The summed E-state index contributed by atoms with van der Waals surface area (Å²) in [6.07, 6.45) is 3.32.